The van der Waals surface area contributed by atoms with Crippen LogP contribution in [-0.2, 0) is 0 Å². The highest BCUT2D eigenvalue weighted by Gasteiger charge is 2.27. The van der Waals surface area contributed by atoms with Crippen molar-refractivity contribution >= 4 is 16.8 Å². The zero-order valence-electron chi connectivity index (χ0n) is 11.8. The first-order valence-corrected chi connectivity index (χ1v) is 7.11. The minimum Gasteiger partial charge on any atom is -0.392 e. The molecule has 0 saturated heterocycles. The van der Waals surface area contributed by atoms with E-state index < -0.39 is 11.9 Å². The van der Waals surface area contributed by atoms with Gasteiger partial charge in [-0.15, -0.1) is 0 Å². The number of nitrogens with one attached hydrogen (secondary N) is 1. The number of aromatic nitrogens is 1. The highest BCUT2D eigenvalue weighted by atomic mass is 19.1. The summed E-state index contributed by atoms with van der Waals surface area (Å²) in [5.41, 5.74) is 1.93. The normalized spacial score (nSPS) is 16.0. The molecule has 0 aliphatic heterocycles. The van der Waals surface area contributed by atoms with E-state index in [4.69, 9.17) is 0 Å². The maximum absolute atomic E-state index is 13.5. The van der Waals surface area contributed by atoms with Crippen molar-refractivity contribution in [1.82, 2.24) is 10.3 Å². The Kier molecular flexibility index (Phi) is 3.59. The predicted octanol–water partition coefficient (Wildman–Crippen LogP) is 2.36. The van der Waals surface area contributed by atoms with Gasteiger partial charge in [0.2, 0.25) is 0 Å². The summed E-state index contributed by atoms with van der Waals surface area (Å²) in [5, 5.41) is 12.4. The minimum atomic E-state index is -0.623. The summed E-state index contributed by atoms with van der Waals surface area (Å²) in [6.07, 6.45) is 1.53. The maximum Gasteiger partial charge on any atom is 0.252 e. The van der Waals surface area contributed by atoms with Crippen LogP contribution in [0.1, 0.15) is 41.7 Å². The van der Waals surface area contributed by atoms with Gasteiger partial charge < -0.3 is 10.4 Å². The number of hydrogen-bond donors (Lipinski definition) is 2. The molecule has 4 nitrogen and oxygen atoms in total. The number of hydrogen-bond acceptors (Lipinski definition) is 3. The largest absolute Gasteiger partial charge is 0.392 e. The number of aliphatic hydroxyl groups excluding tert-OH is 1. The van der Waals surface area contributed by atoms with Crippen molar-refractivity contribution in [3.8, 4) is 0 Å². The van der Waals surface area contributed by atoms with Crippen LogP contribution in [-0.4, -0.2) is 28.6 Å². The Morgan fingerprint density at radius 2 is 2.24 bits per heavy atom. The molecule has 0 spiro atoms. The summed E-state index contributed by atoms with van der Waals surface area (Å²) in [4.78, 5) is 16.8. The Labute approximate surface area is 122 Å². The van der Waals surface area contributed by atoms with E-state index in [9.17, 15) is 14.3 Å². The quantitative estimate of drug-likeness (QED) is 0.908. The average Bonchev–Trinajstić information content (AvgIpc) is 3.28. The van der Waals surface area contributed by atoms with Crippen molar-refractivity contribution in [3.63, 3.8) is 0 Å². The molecular formula is C16H17FN2O2. The third-order valence-corrected chi connectivity index (χ3v) is 3.59. The molecule has 1 unspecified atom stereocenters. The van der Waals surface area contributed by atoms with Crippen LogP contribution in [0.2, 0.25) is 0 Å². The Hall–Kier alpha value is -2.01. The number of aliphatic hydroxyl groups is 1. The lowest BCUT2D eigenvalue weighted by atomic mass is 10.0. The van der Waals surface area contributed by atoms with Gasteiger partial charge >= 0.3 is 0 Å². The van der Waals surface area contributed by atoms with Gasteiger partial charge in [-0.25, -0.2) is 4.39 Å². The molecule has 1 heterocycles. The molecule has 1 aromatic carbocycles. The molecule has 5 heteroatoms. The standard InChI is InChI=1S/C16H17FN2O2/c1-9(20)8-18-16(21)13-7-15(10-2-3-10)19-14-5-4-11(17)6-12(13)14/h4-7,9-10,20H,2-3,8H2,1H3,(H,18,21). The van der Waals surface area contributed by atoms with Crippen molar-refractivity contribution in [2.75, 3.05) is 6.54 Å². The van der Waals surface area contributed by atoms with Crippen molar-refractivity contribution in [2.24, 2.45) is 0 Å². The zero-order chi connectivity index (χ0) is 15.0. The molecule has 1 atom stereocenters. The molecule has 2 aromatic rings. The maximum atomic E-state index is 13.5. The van der Waals surface area contributed by atoms with Crippen LogP contribution in [0, 0.1) is 5.82 Å². The number of rotatable bonds is 4. The second kappa shape index (κ2) is 5.41. The van der Waals surface area contributed by atoms with Crippen LogP contribution in [0.3, 0.4) is 0 Å². The summed E-state index contributed by atoms with van der Waals surface area (Å²) in [7, 11) is 0. The van der Waals surface area contributed by atoms with Crippen LogP contribution < -0.4 is 5.32 Å². The molecule has 1 saturated carbocycles. The highest BCUT2D eigenvalue weighted by molar-refractivity contribution is 6.06. The van der Waals surface area contributed by atoms with E-state index in [1.807, 2.05) is 0 Å². The molecule has 0 bridgehead atoms. The Morgan fingerprint density at radius 1 is 1.48 bits per heavy atom. The van der Waals surface area contributed by atoms with E-state index in [2.05, 4.69) is 10.3 Å². The van der Waals surface area contributed by atoms with E-state index in [1.165, 1.54) is 12.1 Å². The SMILES string of the molecule is CC(O)CNC(=O)c1cc(C2CC2)nc2ccc(F)cc12. The molecule has 21 heavy (non-hydrogen) atoms. The summed E-state index contributed by atoms with van der Waals surface area (Å²) < 4.78 is 13.5. The highest BCUT2D eigenvalue weighted by Crippen LogP contribution is 2.40. The fourth-order valence-corrected chi connectivity index (χ4v) is 2.33. The second-order valence-corrected chi connectivity index (χ2v) is 5.59. The summed E-state index contributed by atoms with van der Waals surface area (Å²) in [6, 6.07) is 6.03. The van der Waals surface area contributed by atoms with Gasteiger partial charge in [-0.1, -0.05) is 0 Å². The first kappa shape index (κ1) is 13.9. The molecule has 1 fully saturated rings. The first-order chi connectivity index (χ1) is 10.0. The number of amides is 1. The average molecular weight is 288 g/mol. The van der Waals surface area contributed by atoms with Gasteiger partial charge in [-0.2, -0.15) is 0 Å². The number of carbonyl (C=O) groups is 1. The topological polar surface area (TPSA) is 62.2 Å². The summed E-state index contributed by atoms with van der Waals surface area (Å²) in [5.74, 6) is -0.299. The number of carbonyl (C=O) groups excluding carboxylic acids is 1. The number of fused-ring (bicyclic) bond motifs is 1. The van der Waals surface area contributed by atoms with Crippen LogP contribution in [0.15, 0.2) is 24.3 Å². The minimum absolute atomic E-state index is 0.163. The van der Waals surface area contributed by atoms with Crippen LogP contribution in [0.4, 0.5) is 4.39 Å². The lowest BCUT2D eigenvalue weighted by Crippen LogP contribution is -2.30. The van der Waals surface area contributed by atoms with Crippen molar-refractivity contribution in [3.05, 3.63) is 41.3 Å². The fourth-order valence-electron chi connectivity index (χ4n) is 2.33. The Bertz CT molecular complexity index is 696. The molecule has 1 aliphatic rings. The smallest absolute Gasteiger partial charge is 0.252 e. The van der Waals surface area contributed by atoms with Gasteiger partial charge in [0.15, 0.2) is 0 Å². The van der Waals surface area contributed by atoms with Crippen LogP contribution in [0.5, 0.6) is 0 Å². The third kappa shape index (κ3) is 3.03. The molecule has 110 valence electrons. The van der Waals surface area contributed by atoms with Gasteiger partial charge in [-0.3, -0.25) is 9.78 Å². The van der Waals surface area contributed by atoms with Crippen molar-refractivity contribution in [1.29, 1.82) is 0 Å². The van der Waals surface area contributed by atoms with Crippen LogP contribution >= 0.6 is 0 Å². The molecule has 3 rings (SSSR count). The van der Waals surface area contributed by atoms with Gasteiger partial charge in [0.1, 0.15) is 5.82 Å². The van der Waals surface area contributed by atoms with Gasteiger partial charge in [0.25, 0.3) is 5.91 Å². The van der Waals surface area contributed by atoms with E-state index in [1.54, 1.807) is 19.1 Å². The first-order valence-electron chi connectivity index (χ1n) is 7.11. The van der Waals surface area contributed by atoms with Gasteiger partial charge in [0.05, 0.1) is 17.2 Å². The van der Waals surface area contributed by atoms with E-state index in [0.29, 0.717) is 22.4 Å². The summed E-state index contributed by atoms with van der Waals surface area (Å²) in [6.45, 7) is 1.76. The predicted molar refractivity (Wildman–Crippen MR) is 77.7 cm³/mol. The summed E-state index contributed by atoms with van der Waals surface area (Å²) >= 11 is 0. The molecule has 2 N–H and O–H groups in total. The monoisotopic (exact) mass is 288 g/mol. The van der Waals surface area contributed by atoms with Crippen molar-refractivity contribution in [2.45, 2.75) is 31.8 Å². The number of halogens is 1. The van der Waals surface area contributed by atoms with Gasteiger partial charge in [0, 0.05) is 23.5 Å². The van der Waals surface area contributed by atoms with Crippen LogP contribution in [0.25, 0.3) is 10.9 Å². The number of nitrogens with zero attached hydrogens (tertiary/aromatic N) is 1. The van der Waals surface area contributed by atoms with E-state index in [0.717, 1.165) is 18.5 Å². The zero-order valence-corrected chi connectivity index (χ0v) is 11.8. The molecule has 1 aromatic heterocycles. The second-order valence-electron chi connectivity index (χ2n) is 5.59. The molecule has 1 aliphatic carbocycles. The number of pyridine rings is 1. The lowest BCUT2D eigenvalue weighted by Gasteiger charge is -2.11. The van der Waals surface area contributed by atoms with E-state index in [-0.39, 0.29) is 12.5 Å². The Balaban J connectivity index is 2.04. The fraction of sp³-hybridized carbons (Fsp3) is 0.375. The van der Waals surface area contributed by atoms with Gasteiger partial charge in [-0.05, 0) is 44.0 Å². The van der Waals surface area contributed by atoms with E-state index >= 15 is 0 Å². The lowest BCUT2D eigenvalue weighted by molar-refractivity contribution is 0.0925. The third-order valence-electron chi connectivity index (χ3n) is 3.59. The molecule has 0 radical (unpaired) electrons. The molecular weight excluding hydrogens is 271 g/mol. The number of benzene rings is 1. The Morgan fingerprint density at radius 3 is 2.90 bits per heavy atom. The van der Waals surface area contributed by atoms with Crippen molar-refractivity contribution < 1.29 is 14.3 Å². The molecule has 1 amide bonds.